The molecule has 0 aliphatic carbocycles. The number of nitro benzene ring substituents is 1. The van der Waals surface area contributed by atoms with E-state index >= 15 is 0 Å². The standard InChI is InChI=1S/C25H18N4O5/c30-23-13-10-16-4-1-2-7-21(16)22(23)15-26-28-25(32)18-5-3-6-19(14-18)27-24(31)17-8-11-20(12-9-17)29(33)34/h1-15,30H,(H,27,31)(H,28,32)/b26-15-. The molecule has 34 heavy (non-hydrogen) atoms. The van der Waals surface area contributed by atoms with Crippen LogP contribution in [0.15, 0.2) is 90.0 Å². The van der Waals surface area contributed by atoms with Crippen LogP contribution in [0.4, 0.5) is 11.4 Å². The molecule has 0 saturated carbocycles. The van der Waals surface area contributed by atoms with Crippen LogP contribution in [0, 0.1) is 10.1 Å². The number of nitrogens with one attached hydrogen (secondary N) is 2. The topological polar surface area (TPSA) is 134 Å². The number of carbonyl (C=O) groups is 2. The Labute approximate surface area is 193 Å². The normalized spacial score (nSPS) is 10.8. The second-order valence-electron chi connectivity index (χ2n) is 7.26. The number of fused-ring (bicyclic) bond motifs is 1. The minimum Gasteiger partial charge on any atom is -0.507 e. The quantitative estimate of drug-likeness (QED) is 0.224. The molecule has 0 fully saturated rings. The predicted molar refractivity (Wildman–Crippen MR) is 128 cm³/mol. The molecule has 168 valence electrons. The van der Waals surface area contributed by atoms with Gasteiger partial charge in [-0.25, -0.2) is 5.43 Å². The maximum atomic E-state index is 12.5. The van der Waals surface area contributed by atoms with Gasteiger partial charge in [-0.05, 0) is 47.2 Å². The lowest BCUT2D eigenvalue weighted by molar-refractivity contribution is -0.384. The summed E-state index contributed by atoms with van der Waals surface area (Å²) in [5.74, 6) is -0.952. The van der Waals surface area contributed by atoms with Crippen molar-refractivity contribution >= 4 is 40.2 Å². The number of nitrogens with zero attached hydrogens (tertiary/aromatic N) is 2. The van der Waals surface area contributed by atoms with Crippen molar-refractivity contribution in [3.8, 4) is 5.75 Å². The van der Waals surface area contributed by atoms with Crippen molar-refractivity contribution in [2.45, 2.75) is 0 Å². The molecule has 0 saturated heterocycles. The minimum atomic E-state index is -0.548. The highest BCUT2D eigenvalue weighted by Crippen LogP contribution is 2.25. The van der Waals surface area contributed by atoms with Gasteiger partial charge in [0.25, 0.3) is 17.5 Å². The fraction of sp³-hybridized carbons (Fsp3) is 0. The number of phenols is 1. The highest BCUT2D eigenvalue weighted by atomic mass is 16.6. The molecule has 0 heterocycles. The summed E-state index contributed by atoms with van der Waals surface area (Å²) in [7, 11) is 0. The zero-order valence-corrected chi connectivity index (χ0v) is 17.6. The van der Waals surface area contributed by atoms with Gasteiger partial charge in [0.05, 0.1) is 11.1 Å². The van der Waals surface area contributed by atoms with E-state index in [2.05, 4.69) is 15.8 Å². The average molecular weight is 454 g/mol. The zero-order valence-electron chi connectivity index (χ0n) is 17.6. The van der Waals surface area contributed by atoms with Gasteiger partial charge in [-0.15, -0.1) is 0 Å². The monoisotopic (exact) mass is 454 g/mol. The summed E-state index contributed by atoms with van der Waals surface area (Å²) in [5.41, 5.74) is 3.62. The van der Waals surface area contributed by atoms with Crippen LogP contribution in [-0.2, 0) is 0 Å². The Hall–Kier alpha value is -5.05. The van der Waals surface area contributed by atoms with Crippen molar-refractivity contribution in [1.29, 1.82) is 0 Å². The molecule has 9 heteroatoms. The molecule has 0 atom stereocenters. The van der Waals surface area contributed by atoms with E-state index in [4.69, 9.17) is 0 Å². The van der Waals surface area contributed by atoms with E-state index in [0.29, 0.717) is 11.3 Å². The number of non-ortho nitro benzene ring substituents is 1. The fourth-order valence-corrected chi connectivity index (χ4v) is 3.32. The smallest absolute Gasteiger partial charge is 0.271 e. The van der Waals surface area contributed by atoms with E-state index < -0.39 is 16.7 Å². The molecule has 0 radical (unpaired) electrons. The van der Waals surface area contributed by atoms with Gasteiger partial charge in [-0.3, -0.25) is 19.7 Å². The van der Waals surface area contributed by atoms with E-state index in [9.17, 15) is 24.8 Å². The highest BCUT2D eigenvalue weighted by molar-refractivity contribution is 6.05. The van der Waals surface area contributed by atoms with E-state index in [1.165, 1.54) is 36.5 Å². The highest BCUT2D eigenvalue weighted by Gasteiger charge is 2.11. The summed E-state index contributed by atoms with van der Waals surface area (Å²) in [6.07, 6.45) is 1.37. The van der Waals surface area contributed by atoms with Gasteiger partial charge in [-0.1, -0.05) is 36.4 Å². The number of phenolic OH excluding ortho intramolecular Hbond substituents is 1. The summed E-state index contributed by atoms with van der Waals surface area (Å²) in [5, 5.41) is 29.2. The molecule has 9 nitrogen and oxygen atoms in total. The Bertz CT molecular complexity index is 1430. The van der Waals surface area contributed by atoms with Crippen LogP contribution in [-0.4, -0.2) is 28.1 Å². The predicted octanol–water partition coefficient (Wildman–Crippen LogP) is 4.47. The third-order valence-electron chi connectivity index (χ3n) is 5.03. The van der Waals surface area contributed by atoms with Crippen molar-refractivity contribution < 1.29 is 19.6 Å². The lowest BCUT2D eigenvalue weighted by Crippen LogP contribution is -2.18. The average Bonchev–Trinajstić information content (AvgIpc) is 2.85. The van der Waals surface area contributed by atoms with Crippen molar-refractivity contribution in [1.82, 2.24) is 5.43 Å². The number of carbonyl (C=O) groups excluding carboxylic acids is 2. The van der Waals surface area contributed by atoms with Crippen molar-refractivity contribution in [3.05, 3.63) is 112 Å². The maximum Gasteiger partial charge on any atom is 0.271 e. The summed E-state index contributed by atoms with van der Waals surface area (Å²) in [4.78, 5) is 35.1. The first-order valence-corrected chi connectivity index (χ1v) is 10.1. The molecule has 3 N–H and O–H groups in total. The van der Waals surface area contributed by atoms with Gasteiger partial charge < -0.3 is 10.4 Å². The lowest BCUT2D eigenvalue weighted by Gasteiger charge is -2.07. The number of anilines is 1. The first kappa shape index (κ1) is 22.2. The summed E-state index contributed by atoms with van der Waals surface area (Å²) in [6, 6.07) is 22.2. The molecule has 0 aliphatic rings. The lowest BCUT2D eigenvalue weighted by atomic mass is 10.0. The second kappa shape index (κ2) is 9.61. The Morgan fingerprint density at radius 3 is 2.41 bits per heavy atom. The van der Waals surface area contributed by atoms with E-state index in [0.717, 1.165) is 10.8 Å². The van der Waals surface area contributed by atoms with Gasteiger partial charge >= 0.3 is 0 Å². The molecular formula is C25H18N4O5. The summed E-state index contributed by atoms with van der Waals surface area (Å²) < 4.78 is 0. The van der Waals surface area contributed by atoms with E-state index in [-0.39, 0.29) is 22.6 Å². The summed E-state index contributed by atoms with van der Waals surface area (Å²) in [6.45, 7) is 0. The molecule has 0 bridgehead atoms. The molecule has 0 spiro atoms. The number of hydrazone groups is 1. The second-order valence-corrected chi connectivity index (χ2v) is 7.26. The number of hydrogen-bond donors (Lipinski definition) is 3. The molecule has 0 aliphatic heterocycles. The van der Waals surface area contributed by atoms with Gasteiger partial charge in [0.2, 0.25) is 0 Å². The Morgan fingerprint density at radius 1 is 0.882 bits per heavy atom. The van der Waals surface area contributed by atoms with E-state index in [1.807, 2.05) is 24.3 Å². The molecule has 4 aromatic rings. The van der Waals surface area contributed by atoms with Gasteiger partial charge in [0.1, 0.15) is 5.75 Å². The molecule has 4 aromatic carbocycles. The van der Waals surface area contributed by atoms with Gasteiger partial charge in [0, 0.05) is 34.5 Å². The Kier molecular flexibility index (Phi) is 6.26. The van der Waals surface area contributed by atoms with Crippen LogP contribution in [0.5, 0.6) is 5.75 Å². The number of amides is 2. The molecule has 2 amide bonds. The van der Waals surface area contributed by atoms with Crippen LogP contribution in [0.3, 0.4) is 0 Å². The first-order chi connectivity index (χ1) is 16.4. The third kappa shape index (κ3) is 4.89. The fourth-order valence-electron chi connectivity index (χ4n) is 3.32. The largest absolute Gasteiger partial charge is 0.507 e. The number of hydrogen-bond acceptors (Lipinski definition) is 6. The van der Waals surface area contributed by atoms with Gasteiger partial charge in [0.15, 0.2) is 0 Å². The van der Waals surface area contributed by atoms with Crippen molar-refractivity contribution in [3.63, 3.8) is 0 Å². The van der Waals surface area contributed by atoms with Crippen molar-refractivity contribution in [2.75, 3.05) is 5.32 Å². The number of rotatable bonds is 6. The maximum absolute atomic E-state index is 12.5. The third-order valence-corrected chi connectivity index (χ3v) is 5.03. The number of benzene rings is 4. The Morgan fingerprint density at radius 2 is 1.65 bits per heavy atom. The van der Waals surface area contributed by atoms with Crippen LogP contribution in [0.25, 0.3) is 10.8 Å². The zero-order chi connectivity index (χ0) is 24.1. The number of nitro groups is 1. The van der Waals surface area contributed by atoms with Crippen LogP contribution >= 0.6 is 0 Å². The first-order valence-electron chi connectivity index (χ1n) is 10.1. The van der Waals surface area contributed by atoms with Crippen LogP contribution < -0.4 is 10.7 Å². The SMILES string of the molecule is O=C(N/N=C\c1c(O)ccc2ccccc12)c1cccc(NC(=O)c2ccc([N+](=O)[O-])cc2)c1. The minimum absolute atomic E-state index is 0.0349. The number of aromatic hydroxyl groups is 1. The molecular weight excluding hydrogens is 436 g/mol. The van der Waals surface area contributed by atoms with Crippen LogP contribution in [0.2, 0.25) is 0 Å². The van der Waals surface area contributed by atoms with E-state index in [1.54, 1.807) is 30.3 Å². The Balaban J connectivity index is 1.44. The molecule has 0 unspecified atom stereocenters. The van der Waals surface area contributed by atoms with Crippen molar-refractivity contribution in [2.24, 2.45) is 5.10 Å². The van der Waals surface area contributed by atoms with Crippen LogP contribution in [0.1, 0.15) is 26.3 Å². The van der Waals surface area contributed by atoms with Gasteiger partial charge in [-0.2, -0.15) is 5.10 Å². The molecule has 0 aromatic heterocycles. The molecule has 4 rings (SSSR count). The summed E-state index contributed by atoms with van der Waals surface area (Å²) >= 11 is 0.